The highest BCUT2D eigenvalue weighted by atomic mass is 35.5. The van der Waals surface area contributed by atoms with Gasteiger partial charge in [0.2, 0.25) is 0 Å². The van der Waals surface area contributed by atoms with Crippen LogP contribution < -0.4 is 4.73 Å². The topological polar surface area (TPSA) is 44.0 Å². The van der Waals surface area contributed by atoms with Crippen LogP contribution in [0.2, 0.25) is 5.15 Å². The Morgan fingerprint density at radius 3 is 2.44 bits per heavy atom. The molecule has 16 heavy (non-hydrogen) atoms. The van der Waals surface area contributed by atoms with Crippen molar-refractivity contribution in [2.45, 2.75) is 0 Å². The summed E-state index contributed by atoms with van der Waals surface area (Å²) in [5.74, 6) is -0.335. The number of rotatable bonds is 2. The van der Waals surface area contributed by atoms with E-state index in [1.807, 2.05) is 0 Å². The van der Waals surface area contributed by atoms with Crippen LogP contribution in [0, 0.1) is 5.21 Å². The standard InChI is InChI=1S/C12H8ClNO2/c13-11-8-4-7-10(14(11)16)12(15)9-5-2-1-3-6-9/h1-8H. The maximum atomic E-state index is 11.9. The summed E-state index contributed by atoms with van der Waals surface area (Å²) in [4.78, 5) is 11.9. The van der Waals surface area contributed by atoms with Crippen molar-refractivity contribution in [3.8, 4) is 0 Å². The molecule has 4 heteroatoms. The molecule has 80 valence electrons. The first-order valence-electron chi connectivity index (χ1n) is 4.68. The molecular weight excluding hydrogens is 226 g/mol. The number of halogens is 1. The van der Waals surface area contributed by atoms with Gasteiger partial charge < -0.3 is 5.21 Å². The van der Waals surface area contributed by atoms with Gasteiger partial charge in [0.05, 0.1) is 0 Å². The Bertz CT molecular complexity index is 526. The highest BCUT2D eigenvalue weighted by Crippen LogP contribution is 2.08. The van der Waals surface area contributed by atoms with Crippen LogP contribution in [-0.4, -0.2) is 5.78 Å². The van der Waals surface area contributed by atoms with Crippen LogP contribution in [-0.2, 0) is 0 Å². The zero-order valence-corrected chi connectivity index (χ0v) is 9.02. The second kappa shape index (κ2) is 4.33. The van der Waals surface area contributed by atoms with Crippen molar-refractivity contribution in [2.75, 3.05) is 0 Å². The van der Waals surface area contributed by atoms with Crippen molar-refractivity contribution in [1.82, 2.24) is 0 Å². The van der Waals surface area contributed by atoms with Crippen LogP contribution in [0.25, 0.3) is 0 Å². The van der Waals surface area contributed by atoms with E-state index in [9.17, 15) is 10.0 Å². The van der Waals surface area contributed by atoms with Gasteiger partial charge in [-0.1, -0.05) is 30.3 Å². The molecule has 1 heterocycles. The zero-order valence-electron chi connectivity index (χ0n) is 8.26. The van der Waals surface area contributed by atoms with Gasteiger partial charge in [0.1, 0.15) is 0 Å². The Kier molecular flexibility index (Phi) is 2.88. The smallest absolute Gasteiger partial charge is 0.286 e. The summed E-state index contributed by atoms with van der Waals surface area (Å²) in [6, 6.07) is 13.1. The van der Waals surface area contributed by atoms with Gasteiger partial charge >= 0.3 is 0 Å². The molecule has 3 nitrogen and oxygen atoms in total. The van der Waals surface area contributed by atoms with E-state index in [0.717, 1.165) is 0 Å². The van der Waals surface area contributed by atoms with Gasteiger partial charge in [-0.2, -0.15) is 4.73 Å². The van der Waals surface area contributed by atoms with Crippen molar-refractivity contribution in [1.29, 1.82) is 0 Å². The van der Waals surface area contributed by atoms with Crippen molar-refractivity contribution < 1.29 is 9.52 Å². The van der Waals surface area contributed by atoms with Gasteiger partial charge in [0.25, 0.3) is 16.6 Å². The van der Waals surface area contributed by atoms with Crippen LogP contribution in [0.1, 0.15) is 16.1 Å². The lowest BCUT2D eigenvalue weighted by molar-refractivity contribution is -0.605. The monoisotopic (exact) mass is 233 g/mol. The molecule has 0 aliphatic carbocycles. The number of benzene rings is 1. The fourth-order valence-corrected chi connectivity index (χ4v) is 1.54. The predicted molar refractivity (Wildman–Crippen MR) is 60.3 cm³/mol. The molecule has 0 saturated carbocycles. The lowest BCUT2D eigenvalue weighted by Gasteiger charge is -2.04. The third-order valence-corrected chi connectivity index (χ3v) is 2.45. The van der Waals surface area contributed by atoms with Crippen molar-refractivity contribution in [2.24, 2.45) is 0 Å². The normalized spacial score (nSPS) is 10.1. The molecule has 2 aromatic rings. The maximum Gasteiger partial charge on any atom is 0.286 e. The number of hydrogen-bond donors (Lipinski definition) is 0. The van der Waals surface area contributed by atoms with E-state index in [4.69, 9.17) is 11.6 Å². The Labute approximate surface area is 97.5 Å². The van der Waals surface area contributed by atoms with E-state index in [2.05, 4.69) is 0 Å². The number of ketones is 1. The summed E-state index contributed by atoms with van der Waals surface area (Å²) in [5, 5.41) is 11.5. The summed E-state index contributed by atoms with van der Waals surface area (Å²) in [7, 11) is 0. The van der Waals surface area contributed by atoms with Crippen molar-refractivity contribution >= 4 is 17.4 Å². The van der Waals surface area contributed by atoms with E-state index in [-0.39, 0.29) is 16.6 Å². The van der Waals surface area contributed by atoms with Gasteiger partial charge in [0.15, 0.2) is 0 Å². The molecule has 0 fully saturated rings. The molecule has 0 radical (unpaired) electrons. The number of carbonyl (C=O) groups is 1. The second-order valence-electron chi connectivity index (χ2n) is 3.22. The third-order valence-electron chi connectivity index (χ3n) is 2.17. The molecular formula is C12H8ClNO2. The number of pyridine rings is 1. The molecule has 0 N–H and O–H groups in total. The number of hydrogen-bond acceptors (Lipinski definition) is 2. The average Bonchev–Trinajstić information content (AvgIpc) is 2.33. The first-order valence-corrected chi connectivity index (χ1v) is 5.06. The molecule has 0 amide bonds. The quantitative estimate of drug-likeness (QED) is 0.346. The molecule has 0 aliphatic rings. The molecule has 2 rings (SSSR count). The zero-order chi connectivity index (χ0) is 11.5. The highest BCUT2D eigenvalue weighted by molar-refractivity contribution is 6.28. The molecule has 0 saturated heterocycles. The van der Waals surface area contributed by atoms with Crippen LogP contribution in [0.15, 0.2) is 48.5 Å². The van der Waals surface area contributed by atoms with Crippen LogP contribution in [0.3, 0.4) is 0 Å². The Hall–Kier alpha value is -1.87. The third kappa shape index (κ3) is 1.90. The predicted octanol–water partition coefficient (Wildman–Crippen LogP) is 2.20. The maximum absolute atomic E-state index is 11.9. The minimum Gasteiger partial charge on any atom is -0.617 e. The Morgan fingerprint density at radius 2 is 1.75 bits per heavy atom. The summed E-state index contributed by atoms with van der Waals surface area (Å²) in [6.45, 7) is 0. The lowest BCUT2D eigenvalue weighted by Crippen LogP contribution is -2.35. The molecule has 1 aromatic heterocycles. The van der Waals surface area contributed by atoms with Crippen LogP contribution >= 0.6 is 11.6 Å². The fraction of sp³-hybridized carbons (Fsp3) is 0. The first-order chi connectivity index (χ1) is 7.70. The SMILES string of the molecule is O=C(c1ccccc1)c1cccc(Cl)[n+]1[O-]. The van der Waals surface area contributed by atoms with Gasteiger partial charge in [-0.05, 0) is 17.7 Å². The minimum absolute atomic E-state index is 0.0122. The van der Waals surface area contributed by atoms with E-state index in [0.29, 0.717) is 10.3 Å². The minimum atomic E-state index is -0.335. The lowest BCUT2D eigenvalue weighted by atomic mass is 10.1. The Balaban J connectivity index is 2.46. The van der Waals surface area contributed by atoms with Crippen LogP contribution in [0.5, 0.6) is 0 Å². The first kappa shape index (κ1) is 10.6. The molecule has 0 spiro atoms. The molecule has 0 atom stereocenters. The summed E-state index contributed by atoms with van der Waals surface area (Å²) in [5.41, 5.74) is 0.494. The van der Waals surface area contributed by atoms with Gasteiger partial charge in [-0.25, -0.2) is 0 Å². The molecule has 0 aliphatic heterocycles. The number of nitrogens with zero attached hydrogens (tertiary/aromatic N) is 1. The average molecular weight is 234 g/mol. The van der Waals surface area contributed by atoms with Gasteiger partial charge in [0, 0.05) is 17.7 Å². The van der Waals surface area contributed by atoms with Gasteiger partial charge in [-0.3, -0.25) is 4.79 Å². The summed E-state index contributed by atoms with van der Waals surface area (Å²) >= 11 is 5.64. The van der Waals surface area contributed by atoms with E-state index in [1.165, 1.54) is 12.1 Å². The van der Waals surface area contributed by atoms with E-state index >= 15 is 0 Å². The van der Waals surface area contributed by atoms with Crippen molar-refractivity contribution in [3.05, 3.63) is 70.1 Å². The largest absolute Gasteiger partial charge is 0.617 e. The summed E-state index contributed by atoms with van der Waals surface area (Å²) < 4.78 is 0.427. The summed E-state index contributed by atoms with van der Waals surface area (Å²) in [6.07, 6.45) is 0. The Morgan fingerprint density at radius 1 is 1.06 bits per heavy atom. The molecule has 1 aromatic carbocycles. The van der Waals surface area contributed by atoms with Gasteiger partial charge in [-0.15, -0.1) is 0 Å². The number of carbonyl (C=O) groups excluding carboxylic acids is 1. The second-order valence-corrected chi connectivity index (χ2v) is 3.61. The molecule has 0 bridgehead atoms. The van der Waals surface area contributed by atoms with Crippen LogP contribution in [0.4, 0.5) is 0 Å². The highest BCUT2D eigenvalue weighted by Gasteiger charge is 2.19. The fourth-order valence-electron chi connectivity index (χ4n) is 1.37. The van der Waals surface area contributed by atoms with E-state index in [1.54, 1.807) is 36.4 Å². The van der Waals surface area contributed by atoms with Crippen molar-refractivity contribution in [3.63, 3.8) is 0 Å². The molecule has 0 unspecified atom stereocenters. The van der Waals surface area contributed by atoms with E-state index < -0.39 is 0 Å². The number of aromatic nitrogens is 1.